The third kappa shape index (κ3) is 1.62. The molecule has 8 heavy (non-hydrogen) atoms. The van der Waals surface area contributed by atoms with Gasteiger partial charge in [0.2, 0.25) is 0 Å². The van der Waals surface area contributed by atoms with E-state index in [4.69, 9.17) is 17.3 Å². The fourth-order valence-corrected chi connectivity index (χ4v) is 1.06. The summed E-state index contributed by atoms with van der Waals surface area (Å²) in [7, 11) is 0. The fourth-order valence-electron chi connectivity index (χ4n) is 0.844. The average molecular weight is 135 g/mol. The molecule has 1 aliphatic heterocycles. The summed E-state index contributed by atoms with van der Waals surface area (Å²) in [6.07, 6.45) is 2.24. The molecule has 1 aliphatic rings. The first-order chi connectivity index (χ1) is 3.79. The molecule has 1 rings (SSSR count). The second kappa shape index (κ2) is 2.67. The van der Waals surface area contributed by atoms with Crippen LogP contribution in [0.3, 0.4) is 0 Å². The van der Waals surface area contributed by atoms with Crippen molar-refractivity contribution in [3.05, 3.63) is 0 Å². The van der Waals surface area contributed by atoms with Crippen LogP contribution < -0.4 is 11.1 Å². The lowest BCUT2D eigenvalue weighted by molar-refractivity contribution is 0.415. The van der Waals surface area contributed by atoms with Crippen molar-refractivity contribution < 1.29 is 0 Å². The van der Waals surface area contributed by atoms with E-state index in [9.17, 15) is 0 Å². The Balaban J connectivity index is 2.19. The normalized spacial score (nSPS) is 39.8. The first-order valence-electron chi connectivity index (χ1n) is 2.92. The van der Waals surface area contributed by atoms with Crippen molar-refractivity contribution in [2.45, 2.75) is 24.4 Å². The van der Waals surface area contributed by atoms with E-state index in [0.717, 1.165) is 19.4 Å². The molecule has 3 heteroatoms. The average Bonchev–Trinajstić information content (AvgIpc) is 1.77. The number of alkyl halides is 1. The van der Waals surface area contributed by atoms with Crippen LogP contribution in [0.1, 0.15) is 12.8 Å². The molecule has 0 aromatic heterocycles. The molecule has 0 amide bonds. The van der Waals surface area contributed by atoms with Crippen LogP contribution in [0.2, 0.25) is 0 Å². The van der Waals surface area contributed by atoms with Gasteiger partial charge in [0.05, 0.1) is 6.17 Å². The van der Waals surface area contributed by atoms with Gasteiger partial charge >= 0.3 is 0 Å². The van der Waals surface area contributed by atoms with Gasteiger partial charge in [-0.2, -0.15) is 0 Å². The largest absolute Gasteiger partial charge is 0.316 e. The number of nitrogens with one attached hydrogen (secondary N) is 1. The molecule has 1 fully saturated rings. The summed E-state index contributed by atoms with van der Waals surface area (Å²) in [5, 5.41) is 3.38. The minimum absolute atomic E-state index is 0.185. The molecule has 0 aliphatic carbocycles. The van der Waals surface area contributed by atoms with E-state index in [2.05, 4.69) is 5.32 Å². The Hall–Kier alpha value is 0.210. The summed E-state index contributed by atoms with van der Waals surface area (Å²) in [5.41, 5.74) is 5.53. The molecule has 0 aromatic carbocycles. The van der Waals surface area contributed by atoms with Gasteiger partial charge in [-0.15, -0.1) is 11.6 Å². The molecule has 0 aromatic rings. The van der Waals surface area contributed by atoms with Crippen LogP contribution in [0.4, 0.5) is 0 Å². The Kier molecular flexibility index (Phi) is 2.11. The van der Waals surface area contributed by atoms with E-state index < -0.39 is 0 Å². The van der Waals surface area contributed by atoms with Crippen molar-refractivity contribution >= 4 is 11.6 Å². The topological polar surface area (TPSA) is 38.0 Å². The zero-order chi connectivity index (χ0) is 5.98. The highest BCUT2D eigenvalue weighted by atomic mass is 35.5. The van der Waals surface area contributed by atoms with Gasteiger partial charge in [-0.3, -0.25) is 0 Å². The van der Waals surface area contributed by atoms with Gasteiger partial charge in [0.1, 0.15) is 0 Å². The van der Waals surface area contributed by atoms with Crippen LogP contribution in [-0.2, 0) is 0 Å². The van der Waals surface area contributed by atoms with Crippen LogP contribution in [-0.4, -0.2) is 18.1 Å². The number of rotatable bonds is 0. The Morgan fingerprint density at radius 1 is 1.50 bits per heavy atom. The van der Waals surface area contributed by atoms with E-state index in [1.165, 1.54) is 0 Å². The minimum atomic E-state index is 0.185. The number of halogens is 1. The Labute approximate surface area is 54.4 Å². The van der Waals surface area contributed by atoms with Crippen LogP contribution in [0.15, 0.2) is 0 Å². The van der Waals surface area contributed by atoms with E-state index in [1.54, 1.807) is 0 Å². The van der Waals surface area contributed by atoms with Crippen molar-refractivity contribution in [1.82, 2.24) is 5.32 Å². The second-order valence-electron chi connectivity index (χ2n) is 2.19. The fraction of sp³-hybridized carbons (Fsp3) is 1.00. The predicted molar refractivity (Wildman–Crippen MR) is 34.9 cm³/mol. The summed E-state index contributed by atoms with van der Waals surface area (Å²) < 4.78 is 0. The van der Waals surface area contributed by atoms with Crippen LogP contribution in [0, 0.1) is 0 Å². The molecular formula is C5H11ClN2. The lowest BCUT2D eigenvalue weighted by atomic mass is 10.1. The van der Waals surface area contributed by atoms with Crippen molar-refractivity contribution in [3.63, 3.8) is 0 Å². The quantitative estimate of drug-likeness (QED) is 0.467. The highest BCUT2D eigenvalue weighted by molar-refractivity contribution is 6.20. The van der Waals surface area contributed by atoms with Gasteiger partial charge in [0, 0.05) is 11.9 Å². The summed E-state index contributed by atoms with van der Waals surface area (Å²) >= 11 is 5.76. The summed E-state index contributed by atoms with van der Waals surface area (Å²) in [4.78, 5) is 0. The summed E-state index contributed by atoms with van der Waals surface area (Å²) in [6.45, 7) is 0.864. The van der Waals surface area contributed by atoms with E-state index in [1.807, 2.05) is 0 Å². The maximum Gasteiger partial charge on any atom is 0.0547 e. The lowest BCUT2D eigenvalue weighted by Crippen LogP contribution is -2.45. The number of piperidine rings is 1. The minimum Gasteiger partial charge on any atom is -0.316 e. The molecule has 0 unspecified atom stereocenters. The third-order valence-corrected chi connectivity index (χ3v) is 1.76. The van der Waals surface area contributed by atoms with Crippen molar-refractivity contribution in [1.29, 1.82) is 0 Å². The number of hydrogen-bond acceptors (Lipinski definition) is 2. The highest BCUT2D eigenvalue weighted by Gasteiger charge is 2.14. The van der Waals surface area contributed by atoms with E-state index in [-0.39, 0.29) is 6.17 Å². The molecule has 2 atom stereocenters. The Bertz CT molecular complexity index is 58.8. The van der Waals surface area contributed by atoms with Gasteiger partial charge in [-0.1, -0.05) is 0 Å². The molecule has 48 valence electrons. The maximum absolute atomic E-state index is 5.76. The maximum atomic E-state index is 5.76. The van der Waals surface area contributed by atoms with Gasteiger partial charge in [0.25, 0.3) is 0 Å². The van der Waals surface area contributed by atoms with Gasteiger partial charge in [-0.05, 0) is 12.8 Å². The van der Waals surface area contributed by atoms with Crippen LogP contribution in [0.25, 0.3) is 0 Å². The van der Waals surface area contributed by atoms with Gasteiger partial charge < -0.3 is 11.1 Å². The predicted octanol–water partition coefficient (Wildman–Crippen LogP) is 0.262. The molecule has 1 heterocycles. The molecular weight excluding hydrogens is 124 g/mol. The van der Waals surface area contributed by atoms with Gasteiger partial charge in [0.15, 0.2) is 0 Å². The molecule has 2 nitrogen and oxygen atoms in total. The zero-order valence-electron chi connectivity index (χ0n) is 4.73. The summed E-state index contributed by atoms with van der Waals surface area (Å²) in [5.74, 6) is 0. The zero-order valence-corrected chi connectivity index (χ0v) is 5.49. The van der Waals surface area contributed by atoms with Crippen molar-refractivity contribution in [3.8, 4) is 0 Å². The third-order valence-electron chi connectivity index (χ3n) is 1.39. The molecule has 0 radical (unpaired) electrons. The first-order valence-corrected chi connectivity index (χ1v) is 3.35. The molecule has 0 spiro atoms. The highest BCUT2D eigenvalue weighted by Crippen LogP contribution is 2.09. The number of nitrogens with two attached hydrogens (primary N) is 1. The molecule has 0 bridgehead atoms. The standard InChI is InChI=1S/C5H11ClN2/c6-4-1-2-5(7)8-3-4/h4-5,8H,1-3,7H2/t4-,5+/m1/s1. The van der Waals surface area contributed by atoms with Gasteiger partial charge in [-0.25, -0.2) is 0 Å². The first kappa shape index (κ1) is 6.33. The Morgan fingerprint density at radius 3 is 2.62 bits per heavy atom. The van der Waals surface area contributed by atoms with E-state index in [0.29, 0.717) is 5.38 Å². The van der Waals surface area contributed by atoms with E-state index >= 15 is 0 Å². The molecule has 3 N–H and O–H groups in total. The molecule has 0 saturated carbocycles. The smallest absolute Gasteiger partial charge is 0.0547 e. The SMILES string of the molecule is N[C@@H]1CC[C@@H](Cl)CN1. The van der Waals surface area contributed by atoms with Crippen LogP contribution >= 0.6 is 11.6 Å². The number of hydrogen-bond donors (Lipinski definition) is 2. The van der Waals surface area contributed by atoms with Crippen molar-refractivity contribution in [2.24, 2.45) is 5.73 Å². The Morgan fingerprint density at radius 2 is 2.25 bits per heavy atom. The summed E-state index contributed by atoms with van der Waals surface area (Å²) in [6, 6.07) is 0. The van der Waals surface area contributed by atoms with Crippen LogP contribution in [0.5, 0.6) is 0 Å². The second-order valence-corrected chi connectivity index (χ2v) is 2.81. The molecule has 1 saturated heterocycles. The lowest BCUT2D eigenvalue weighted by Gasteiger charge is -2.22. The van der Waals surface area contributed by atoms with Crippen molar-refractivity contribution in [2.75, 3.05) is 6.54 Å². The monoisotopic (exact) mass is 134 g/mol.